The van der Waals surface area contributed by atoms with Crippen LogP contribution in [-0.4, -0.2) is 47.7 Å². The first-order valence-corrected chi connectivity index (χ1v) is 4.47. The van der Waals surface area contributed by atoms with Gasteiger partial charge in [0.1, 0.15) is 6.04 Å². The Hall–Kier alpha value is -0.610. The molecule has 2 rings (SSSR count). The number of hydrogen-bond donors (Lipinski definition) is 2. The molecule has 68 valence electrons. The Balaban J connectivity index is 1.96. The number of carboxylic acid groups (broad SMARTS) is 1. The van der Waals surface area contributed by atoms with Crippen molar-refractivity contribution in [2.75, 3.05) is 19.6 Å². The molecule has 2 aliphatic heterocycles. The molecule has 2 heterocycles. The van der Waals surface area contributed by atoms with Gasteiger partial charge in [0.05, 0.1) is 0 Å². The summed E-state index contributed by atoms with van der Waals surface area (Å²) in [5.41, 5.74) is 0. The van der Waals surface area contributed by atoms with Gasteiger partial charge in [0.15, 0.2) is 0 Å². The van der Waals surface area contributed by atoms with Crippen LogP contribution >= 0.6 is 0 Å². The maximum Gasteiger partial charge on any atom is 0.322 e. The van der Waals surface area contributed by atoms with Crippen molar-refractivity contribution in [3.63, 3.8) is 0 Å². The average Bonchev–Trinajstić information content (AvgIpc) is 2.49. The van der Waals surface area contributed by atoms with E-state index in [1.54, 1.807) is 0 Å². The minimum absolute atomic E-state index is 0.348. The van der Waals surface area contributed by atoms with Gasteiger partial charge in [0, 0.05) is 19.1 Å². The highest BCUT2D eigenvalue weighted by molar-refractivity contribution is 5.73. The largest absolute Gasteiger partial charge is 0.480 e. The van der Waals surface area contributed by atoms with Crippen molar-refractivity contribution in [3.8, 4) is 0 Å². The van der Waals surface area contributed by atoms with Gasteiger partial charge in [-0.25, -0.2) is 0 Å². The molecule has 2 fully saturated rings. The molecule has 0 aromatic carbocycles. The molecule has 2 saturated heterocycles. The Labute approximate surface area is 71.5 Å². The molecule has 0 spiro atoms. The van der Waals surface area contributed by atoms with Gasteiger partial charge in [0.25, 0.3) is 0 Å². The summed E-state index contributed by atoms with van der Waals surface area (Å²) in [5, 5.41) is 11.8. The number of carboxylic acids is 1. The van der Waals surface area contributed by atoms with E-state index in [0.717, 1.165) is 13.1 Å². The van der Waals surface area contributed by atoms with Crippen molar-refractivity contribution in [2.45, 2.75) is 24.9 Å². The molecule has 4 heteroatoms. The number of nitrogens with one attached hydrogen (secondary N) is 1. The van der Waals surface area contributed by atoms with E-state index < -0.39 is 5.97 Å². The van der Waals surface area contributed by atoms with Crippen LogP contribution in [0.1, 0.15) is 12.8 Å². The molecule has 0 aromatic heterocycles. The predicted molar refractivity (Wildman–Crippen MR) is 44.0 cm³/mol. The van der Waals surface area contributed by atoms with Crippen LogP contribution < -0.4 is 5.32 Å². The fourth-order valence-electron chi connectivity index (χ4n) is 2.11. The van der Waals surface area contributed by atoms with E-state index in [-0.39, 0.29) is 6.04 Å². The van der Waals surface area contributed by atoms with Gasteiger partial charge < -0.3 is 10.4 Å². The molecule has 2 atom stereocenters. The second-order valence-electron chi connectivity index (χ2n) is 3.59. The van der Waals surface area contributed by atoms with Gasteiger partial charge >= 0.3 is 5.97 Å². The minimum atomic E-state index is -0.722. The Morgan fingerprint density at radius 1 is 1.58 bits per heavy atom. The van der Waals surface area contributed by atoms with E-state index in [2.05, 4.69) is 10.2 Å². The summed E-state index contributed by atoms with van der Waals surface area (Å²) in [7, 11) is 0. The fraction of sp³-hybridized carbons (Fsp3) is 0.875. The van der Waals surface area contributed by atoms with Crippen LogP contribution in [0.2, 0.25) is 0 Å². The first kappa shape index (κ1) is 8.01. The van der Waals surface area contributed by atoms with Crippen molar-refractivity contribution in [1.82, 2.24) is 10.2 Å². The van der Waals surface area contributed by atoms with Crippen LogP contribution in [-0.2, 0) is 4.79 Å². The number of nitrogens with zero attached hydrogens (tertiary/aromatic N) is 1. The van der Waals surface area contributed by atoms with Crippen LogP contribution in [0.25, 0.3) is 0 Å². The zero-order chi connectivity index (χ0) is 8.55. The lowest BCUT2D eigenvalue weighted by molar-refractivity contribution is -0.140. The lowest BCUT2D eigenvalue weighted by Crippen LogP contribution is -2.56. The maximum absolute atomic E-state index is 10.7. The summed E-state index contributed by atoms with van der Waals surface area (Å²) in [6.07, 6.45) is 2.44. The normalized spacial score (nSPS) is 36.3. The summed E-state index contributed by atoms with van der Waals surface area (Å²) in [6.45, 7) is 2.60. The van der Waals surface area contributed by atoms with Crippen molar-refractivity contribution in [2.24, 2.45) is 0 Å². The number of carbonyl (C=O) groups is 1. The monoisotopic (exact) mass is 170 g/mol. The van der Waals surface area contributed by atoms with E-state index in [1.807, 2.05) is 0 Å². The second-order valence-corrected chi connectivity index (χ2v) is 3.59. The molecule has 0 aliphatic carbocycles. The topological polar surface area (TPSA) is 52.6 Å². The highest BCUT2D eigenvalue weighted by Crippen LogP contribution is 2.19. The number of aliphatic carboxylic acids is 1. The lowest BCUT2D eigenvalue weighted by atomic mass is 10.1. The van der Waals surface area contributed by atoms with Crippen LogP contribution in [0.3, 0.4) is 0 Å². The molecule has 4 nitrogen and oxygen atoms in total. The standard InChI is InChI=1S/C8H14N2O2/c11-8(12)7-5-10-3-1-2-6(10)4-9-7/h6-7,9H,1-5H2,(H,11,12). The maximum atomic E-state index is 10.7. The van der Waals surface area contributed by atoms with Gasteiger partial charge in [-0.3, -0.25) is 9.69 Å². The number of fused-ring (bicyclic) bond motifs is 1. The van der Waals surface area contributed by atoms with Crippen molar-refractivity contribution in [3.05, 3.63) is 0 Å². The highest BCUT2D eigenvalue weighted by atomic mass is 16.4. The third kappa shape index (κ3) is 1.32. The molecular formula is C8H14N2O2. The molecule has 0 radical (unpaired) electrons. The Morgan fingerprint density at radius 2 is 2.42 bits per heavy atom. The smallest absolute Gasteiger partial charge is 0.322 e. The zero-order valence-electron chi connectivity index (χ0n) is 6.99. The molecule has 0 aromatic rings. The number of rotatable bonds is 1. The van der Waals surface area contributed by atoms with Gasteiger partial charge in [-0.15, -0.1) is 0 Å². The Bertz CT molecular complexity index is 195. The van der Waals surface area contributed by atoms with E-state index in [1.165, 1.54) is 12.8 Å². The minimum Gasteiger partial charge on any atom is -0.480 e. The summed E-state index contributed by atoms with van der Waals surface area (Å²) in [5.74, 6) is -0.722. The van der Waals surface area contributed by atoms with Crippen molar-refractivity contribution in [1.29, 1.82) is 0 Å². The first-order chi connectivity index (χ1) is 5.77. The van der Waals surface area contributed by atoms with Gasteiger partial charge in [0.2, 0.25) is 0 Å². The summed E-state index contributed by atoms with van der Waals surface area (Å²) in [6, 6.07) is 0.250. The SMILES string of the molecule is O=C(O)C1CN2CCCC2CN1. The summed E-state index contributed by atoms with van der Waals surface area (Å²) in [4.78, 5) is 12.9. The Morgan fingerprint density at radius 3 is 3.17 bits per heavy atom. The quantitative estimate of drug-likeness (QED) is 0.557. The van der Waals surface area contributed by atoms with E-state index in [0.29, 0.717) is 12.6 Å². The molecule has 0 amide bonds. The first-order valence-electron chi connectivity index (χ1n) is 4.47. The zero-order valence-corrected chi connectivity index (χ0v) is 6.99. The lowest BCUT2D eigenvalue weighted by Gasteiger charge is -2.33. The van der Waals surface area contributed by atoms with Crippen molar-refractivity contribution < 1.29 is 9.90 Å². The van der Waals surface area contributed by atoms with E-state index in [4.69, 9.17) is 5.11 Å². The van der Waals surface area contributed by atoms with Crippen LogP contribution in [0.4, 0.5) is 0 Å². The van der Waals surface area contributed by atoms with Crippen LogP contribution in [0.15, 0.2) is 0 Å². The average molecular weight is 170 g/mol. The molecule has 2 aliphatic rings. The summed E-state index contributed by atoms with van der Waals surface area (Å²) < 4.78 is 0. The van der Waals surface area contributed by atoms with Gasteiger partial charge in [-0.2, -0.15) is 0 Å². The second kappa shape index (κ2) is 3.03. The predicted octanol–water partition coefficient (Wildman–Crippen LogP) is -0.493. The third-order valence-electron chi connectivity index (χ3n) is 2.81. The number of piperazine rings is 1. The van der Waals surface area contributed by atoms with E-state index in [9.17, 15) is 4.79 Å². The summed E-state index contributed by atoms with van der Waals surface area (Å²) >= 11 is 0. The van der Waals surface area contributed by atoms with Gasteiger partial charge in [-0.05, 0) is 19.4 Å². The van der Waals surface area contributed by atoms with Crippen LogP contribution in [0.5, 0.6) is 0 Å². The number of hydrogen-bond acceptors (Lipinski definition) is 3. The van der Waals surface area contributed by atoms with Gasteiger partial charge in [-0.1, -0.05) is 0 Å². The molecule has 12 heavy (non-hydrogen) atoms. The molecular weight excluding hydrogens is 156 g/mol. The molecule has 2 N–H and O–H groups in total. The fourth-order valence-corrected chi connectivity index (χ4v) is 2.11. The molecule has 0 saturated carbocycles. The Kier molecular flexibility index (Phi) is 2.02. The van der Waals surface area contributed by atoms with Crippen molar-refractivity contribution >= 4 is 5.97 Å². The molecule has 0 bridgehead atoms. The highest BCUT2D eigenvalue weighted by Gasteiger charge is 2.33. The van der Waals surface area contributed by atoms with Crippen LogP contribution in [0, 0.1) is 0 Å². The molecule has 2 unspecified atom stereocenters. The van der Waals surface area contributed by atoms with E-state index >= 15 is 0 Å². The third-order valence-corrected chi connectivity index (χ3v) is 2.81.